The molecule has 0 bridgehead atoms. The van der Waals surface area contributed by atoms with E-state index in [0.29, 0.717) is 0 Å². The maximum Gasteiger partial charge on any atom is 0.128 e. The van der Waals surface area contributed by atoms with Crippen LogP contribution in [0.2, 0.25) is 0 Å². The number of aryl methyl sites for hydroxylation is 1. The lowest BCUT2D eigenvalue weighted by Crippen LogP contribution is -2.17. The summed E-state index contributed by atoms with van der Waals surface area (Å²) in [5.41, 5.74) is 6.36. The fourth-order valence-corrected chi connectivity index (χ4v) is 4.00. The molecule has 2 aromatic carbocycles. The van der Waals surface area contributed by atoms with Gasteiger partial charge in [0.1, 0.15) is 5.75 Å². The van der Waals surface area contributed by atoms with E-state index in [1.54, 1.807) is 7.11 Å². The van der Waals surface area contributed by atoms with Crippen LogP contribution in [0.5, 0.6) is 5.75 Å². The van der Waals surface area contributed by atoms with E-state index in [9.17, 15) is 0 Å². The number of benzene rings is 2. The van der Waals surface area contributed by atoms with E-state index >= 15 is 0 Å². The SMILES string of the molecule is COc1ccc2ccccc2c1-c1nc(C(C)(C)C)cc2c1CCCC2. The summed E-state index contributed by atoms with van der Waals surface area (Å²) in [6.45, 7) is 6.73. The van der Waals surface area contributed by atoms with Crippen molar-refractivity contribution in [2.75, 3.05) is 7.11 Å². The average molecular weight is 345 g/mol. The molecule has 3 aromatic rings. The number of aromatic nitrogens is 1. The molecule has 1 aliphatic rings. The maximum atomic E-state index is 5.78. The second-order valence-electron chi connectivity index (χ2n) is 8.31. The van der Waals surface area contributed by atoms with E-state index in [-0.39, 0.29) is 5.41 Å². The first-order valence-corrected chi connectivity index (χ1v) is 9.58. The second kappa shape index (κ2) is 6.42. The number of ether oxygens (including phenoxy) is 1. The van der Waals surface area contributed by atoms with Crippen molar-refractivity contribution in [1.82, 2.24) is 4.98 Å². The third-order valence-electron chi connectivity index (χ3n) is 5.46. The monoisotopic (exact) mass is 345 g/mol. The van der Waals surface area contributed by atoms with Crippen molar-refractivity contribution in [2.45, 2.75) is 51.9 Å². The van der Waals surface area contributed by atoms with Crippen LogP contribution in [-0.2, 0) is 18.3 Å². The summed E-state index contributed by atoms with van der Waals surface area (Å²) in [5, 5.41) is 2.45. The van der Waals surface area contributed by atoms with Crippen molar-refractivity contribution < 1.29 is 4.74 Å². The predicted octanol–water partition coefficient (Wildman–Crippen LogP) is 6.09. The molecular formula is C24H27NO. The smallest absolute Gasteiger partial charge is 0.128 e. The lowest BCUT2D eigenvalue weighted by molar-refractivity contribution is 0.416. The van der Waals surface area contributed by atoms with E-state index in [0.717, 1.165) is 29.8 Å². The minimum absolute atomic E-state index is 0.0268. The van der Waals surface area contributed by atoms with Crippen molar-refractivity contribution in [1.29, 1.82) is 0 Å². The Balaban J connectivity index is 2.09. The molecule has 2 nitrogen and oxygen atoms in total. The Bertz CT molecular complexity index is 966. The molecule has 1 aromatic heterocycles. The first-order chi connectivity index (χ1) is 12.5. The Morgan fingerprint density at radius 1 is 0.962 bits per heavy atom. The Labute approximate surface area is 156 Å². The number of pyridine rings is 1. The topological polar surface area (TPSA) is 22.1 Å². The van der Waals surface area contributed by atoms with Gasteiger partial charge in [-0.15, -0.1) is 0 Å². The highest BCUT2D eigenvalue weighted by molar-refractivity contribution is 5.99. The normalized spacial score (nSPS) is 14.3. The predicted molar refractivity (Wildman–Crippen MR) is 109 cm³/mol. The zero-order valence-electron chi connectivity index (χ0n) is 16.2. The molecule has 0 saturated carbocycles. The molecule has 0 unspecified atom stereocenters. The number of methoxy groups -OCH3 is 1. The van der Waals surface area contributed by atoms with Crippen LogP contribution in [0.15, 0.2) is 42.5 Å². The number of nitrogens with zero attached hydrogens (tertiary/aromatic N) is 1. The van der Waals surface area contributed by atoms with Gasteiger partial charge in [0.05, 0.1) is 18.4 Å². The summed E-state index contributed by atoms with van der Waals surface area (Å²) in [5.74, 6) is 0.912. The summed E-state index contributed by atoms with van der Waals surface area (Å²) >= 11 is 0. The van der Waals surface area contributed by atoms with Gasteiger partial charge in [0.15, 0.2) is 0 Å². The minimum atomic E-state index is 0.0268. The summed E-state index contributed by atoms with van der Waals surface area (Å²) in [6, 6.07) is 15.1. The molecule has 0 radical (unpaired) electrons. The summed E-state index contributed by atoms with van der Waals surface area (Å²) in [6.07, 6.45) is 4.77. The molecule has 0 spiro atoms. The van der Waals surface area contributed by atoms with Gasteiger partial charge in [-0.2, -0.15) is 0 Å². The molecule has 1 aliphatic carbocycles. The summed E-state index contributed by atoms with van der Waals surface area (Å²) in [4.78, 5) is 5.21. The fourth-order valence-electron chi connectivity index (χ4n) is 4.00. The van der Waals surface area contributed by atoms with Gasteiger partial charge in [-0.05, 0) is 59.7 Å². The van der Waals surface area contributed by atoms with E-state index in [4.69, 9.17) is 9.72 Å². The molecule has 0 N–H and O–H groups in total. The highest BCUT2D eigenvalue weighted by Gasteiger charge is 2.25. The quantitative estimate of drug-likeness (QED) is 0.561. The third-order valence-corrected chi connectivity index (χ3v) is 5.46. The van der Waals surface area contributed by atoms with Crippen LogP contribution >= 0.6 is 0 Å². The van der Waals surface area contributed by atoms with Gasteiger partial charge in [0.25, 0.3) is 0 Å². The molecule has 0 atom stereocenters. The molecule has 0 amide bonds. The van der Waals surface area contributed by atoms with Gasteiger partial charge in [-0.3, -0.25) is 4.98 Å². The lowest BCUT2D eigenvalue weighted by atomic mass is 9.83. The molecule has 0 aliphatic heterocycles. The Hall–Kier alpha value is -2.35. The number of fused-ring (bicyclic) bond motifs is 2. The molecule has 134 valence electrons. The number of hydrogen-bond acceptors (Lipinski definition) is 2. The standard InChI is InChI=1S/C24H27NO/c1-24(2,3)21-15-17-10-6-8-12-19(17)23(25-21)22-18-11-7-5-9-16(18)13-14-20(22)26-4/h5,7,9,11,13-15H,6,8,10,12H2,1-4H3. The fraction of sp³-hybridized carbons (Fsp3) is 0.375. The van der Waals surface area contributed by atoms with Crippen molar-refractivity contribution >= 4 is 10.8 Å². The summed E-state index contributed by atoms with van der Waals surface area (Å²) in [7, 11) is 1.76. The van der Waals surface area contributed by atoms with Crippen LogP contribution in [0.25, 0.3) is 22.0 Å². The molecule has 2 heteroatoms. The van der Waals surface area contributed by atoms with Crippen LogP contribution in [0, 0.1) is 0 Å². The minimum Gasteiger partial charge on any atom is -0.496 e. The van der Waals surface area contributed by atoms with Crippen LogP contribution in [0.3, 0.4) is 0 Å². The van der Waals surface area contributed by atoms with Crippen LogP contribution < -0.4 is 4.74 Å². The van der Waals surface area contributed by atoms with Gasteiger partial charge in [-0.25, -0.2) is 0 Å². The number of hydrogen-bond donors (Lipinski definition) is 0. The largest absolute Gasteiger partial charge is 0.496 e. The van der Waals surface area contributed by atoms with E-state index < -0.39 is 0 Å². The van der Waals surface area contributed by atoms with E-state index in [1.165, 1.54) is 40.4 Å². The molecule has 1 heterocycles. The van der Waals surface area contributed by atoms with Crippen molar-refractivity contribution in [3.05, 3.63) is 59.3 Å². The Morgan fingerprint density at radius 3 is 2.50 bits per heavy atom. The maximum absolute atomic E-state index is 5.78. The highest BCUT2D eigenvalue weighted by atomic mass is 16.5. The van der Waals surface area contributed by atoms with E-state index in [2.05, 4.69) is 63.2 Å². The van der Waals surface area contributed by atoms with Gasteiger partial charge in [-0.1, -0.05) is 51.1 Å². The van der Waals surface area contributed by atoms with E-state index in [1.807, 2.05) is 0 Å². The van der Waals surface area contributed by atoms with Gasteiger partial charge < -0.3 is 4.74 Å². The van der Waals surface area contributed by atoms with Gasteiger partial charge in [0, 0.05) is 11.1 Å². The van der Waals surface area contributed by atoms with Gasteiger partial charge >= 0.3 is 0 Å². The van der Waals surface area contributed by atoms with Gasteiger partial charge in [0.2, 0.25) is 0 Å². The average Bonchev–Trinajstić information content (AvgIpc) is 2.65. The van der Waals surface area contributed by atoms with Crippen LogP contribution in [0.1, 0.15) is 50.4 Å². The lowest BCUT2D eigenvalue weighted by Gasteiger charge is -2.26. The third kappa shape index (κ3) is 2.88. The first kappa shape index (κ1) is 17.1. The van der Waals surface area contributed by atoms with Crippen LogP contribution in [-0.4, -0.2) is 12.1 Å². The molecular weight excluding hydrogens is 318 g/mol. The Kier molecular flexibility index (Phi) is 4.22. The molecule has 4 rings (SSSR count). The highest BCUT2D eigenvalue weighted by Crippen LogP contribution is 2.41. The van der Waals surface area contributed by atoms with Crippen molar-refractivity contribution in [2.24, 2.45) is 0 Å². The number of rotatable bonds is 2. The first-order valence-electron chi connectivity index (χ1n) is 9.58. The van der Waals surface area contributed by atoms with Crippen LogP contribution in [0.4, 0.5) is 0 Å². The molecule has 0 saturated heterocycles. The zero-order chi connectivity index (χ0) is 18.3. The second-order valence-corrected chi connectivity index (χ2v) is 8.31. The molecule has 26 heavy (non-hydrogen) atoms. The summed E-state index contributed by atoms with van der Waals surface area (Å²) < 4.78 is 5.78. The molecule has 0 fully saturated rings. The zero-order valence-corrected chi connectivity index (χ0v) is 16.2. The Morgan fingerprint density at radius 2 is 1.73 bits per heavy atom. The van der Waals surface area contributed by atoms with Crippen molar-refractivity contribution in [3.8, 4) is 17.0 Å². The van der Waals surface area contributed by atoms with Crippen molar-refractivity contribution in [3.63, 3.8) is 0 Å².